The summed E-state index contributed by atoms with van der Waals surface area (Å²) in [6.07, 6.45) is -0.652. The van der Waals surface area contributed by atoms with E-state index < -0.39 is 17.9 Å². The van der Waals surface area contributed by atoms with Crippen molar-refractivity contribution in [2.45, 2.75) is 12.8 Å². The lowest BCUT2D eigenvalue weighted by Crippen LogP contribution is -2.32. The van der Waals surface area contributed by atoms with Crippen LogP contribution in [-0.4, -0.2) is 39.7 Å². The molecule has 1 saturated heterocycles. The summed E-state index contributed by atoms with van der Waals surface area (Å²) in [7, 11) is 0. The van der Waals surface area contributed by atoms with Crippen LogP contribution >= 0.6 is 15.9 Å². The van der Waals surface area contributed by atoms with Crippen LogP contribution in [0.3, 0.4) is 0 Å². The molecule has 0 aromatic rings. The van der Waals surface area contributed by atoms with Gasteiger partial charge in [0.15, 0.2) is 0 Å². The molecule has 5 nitrogen and oxygen atoms in total. The molecule has 78 valence electrons. The third-order valence-electron chi connectivity index (χ3n) is 2.17. The Morgan fingerprint density at radius 2 is 2.21 bits per heavy atom. The number of Topliss-reactive ketones (excluding diaryl/α,β-unsaturated/α-hetero) is 1. The number of likely N-dealkylation sites (tertiary alicyclic amines) is 1. The molecule has 1 aliphatic rings. The molecule has 1 N–H and O–H groups in total. The molecular weight excluding hydrogens is 254 g/mol. The van der Waals surface area contributed by atoms with E-state index in [1.165, 1.54) is 0 Å². The first kappa shape index (κ1) is 11.2. The van der Waals surface area contributed by atoms with Crippen LogP contribution in [0.25, 0.3) is 0 Å². The minimum atomic E-state index is -1.23. The standard InChI is InChI=1S/C8H10BrNO4/c9-4-6(11)3-5-1-2-10(7(5)12)8(13)14/h5H,1-4H2,(H,13,14). The number of amides is 2. The molecule has 0 bridgehead atoms. The van der Waals surface area contributed by atoms with E-state index in [0.717, 1.165) is 4.90 Å². The summed E-state index contributed by atoms with van der Waals surface area (Å²) < 4.78 is 0. The Morgan fingerprint density at radius 1 is 1.57 bits per heavy atom. The van der Waals surface area contributed by atoms with Gasteiger partial charge in [-0.1, -0.05) is 15.9 Å². The molecule has 14 heavy (non-hydrogen) atoms. The fourth-order valence-corrected chi connectivity index (χ4v) is 1.68. The van der Waals surface area contributed by atoms with E-state index in [1.54, 1.807) is 0 Å². The lowest BCUT2D eigenvalue weighted by molar-refractivity contribution is -0.131. The first-order valence-electron chi connectivity index (χ1n) is 4.18. The summed E-state index contributed by atoms with van der Waals surface area (Å²) >= 11 is 3.00. The van der Waals surface area contributed by atoms with Crippen LogP contribution in [0.5, 0.6) is 0 Å². The van der Waals surface area contributed by atoms with Crippen molar-refractivity contribution in [3.05, 3.63) is 0 Å². The van der Waals surface area contributed by atoms with Crippen molar-refractivity contribution in [3.63, 3.8) is 0 Å². The van der Waals surface area contributed by atoms with Crippen molar-refractivity contribution < 1.29 is 19.5 Å². The molecule has 1 rings (SSSR count). The van der Waals surface area contributed by atoms with Crippen LogP contribution in [0.15, 0.2) is 0 Å². The zero-order valence-corrected chi connectivity index (χ0v) is 8.99. The molecule has 1 atom stereocenters. The number of hydrogen-bond acceptors (Lipinski definition) is 3. The average molecular weight is 264 g/mol. The summed E-state index contributed by atoms with van der Waals surface area (Å²) in [5.74, 6) is -0.974. The number of carboxylic acid groups (broad SMARTS) is 1. The van der Waals surface area contributed by atoms with Crippen LogP contribution in [0.2, 0.25) is 0 Å². The Labute approximate surface area is 89.2 Å². The highest BCUT2D eigenvalue weighted by Gasteiger charge is 2.36. The van der Waals surface area contributed by atoms with Gasteiger partial charge in [0, 0.05) is 18.9 Å². The van der Waals surface area contributed by atoms with Gasteiger partial charge in [0.1, 0.15) is 5.78 Å². The average Bonchev–Trinajstić information content (AvgIpc) is 2.48. The molecule has 0 aliphatic carbocycles. The second-order valence-electron chi connectivity index (χ2n) is 3.13. The molecule has 0 saturated carbocycles. The first-order valence-corrected chi connectivity index (χ1v) is 5.30. The number of carbonyl (C=O) groups is 3. The minimum absolute atomic E-state index is 0.0735. The molecule has 1 fully saturated rings. The molecule has 6 heteroatoms. The van der Waals surface area contributed by atoms with Crippen molar-refractivity contribution >= 4 is 33.7 Å². The number of ketones is 1. The van der Waals surface area contributed by atoms with Gasteiger partial charge in [-0.3, -0.25) is 9.59 Å². The quantitative estimate of drug-likeness (QED) is 0.767. The summed E-state index contributed by atoms with van der Waals surface area (Å²) in [4.78, 5) is 33.7. The van der Waals surface area contributed by atoms with Gasteiger partial charge >= 0.3 is 6.09 Å². The second-order valence-corrected chi connectivity index (χ2v) is 3.70. The number of alkyl halides is 1. The lowest BCUT2D eigenvalue weighted by Gasteiger charge is -2.09. The van der Waals surface area contributed by atoms with Gasteiger partial charge < -0.3 is 5.11 Å². The van der Waals surface area contributed by atoms with E-state index in [0.29, 0.717) is 6.42 Å². The maximum atomic E-state index is 11.4. The molecular formula is C8H10BrNO4. The third-order valence-corrected chi connectivity index (χ3v) is 2.80. The third kappa shape index (κ3) is 2.31. The highest BCUT2D eigenvalue weighted by Crippen LogP contribution is 2.21. The van der Waals surface area contributed by atoms with Gasteiger partial charge in [0.25, 0.3) is 0 Å². The van der Waals surface area contributed by atoms with Gasteiger partial charge in [-0.2, -0.15) is 0 Å². The smallest absolute Gasteiger partial charge is 0.414 e. The molecule has 0 radical (unpaired) electrons. The van der Waals surface area contributed by atoms with Gasteiger partial charge in [-0.25, -0.2) is 9.69 Å². The van der Waals surface area contributed by atoms with Crippen molar-refractivity contribution in [2.24, 2.45) is 5.92 Å². The van der Waals surface area contributed by atoms with Gasteiger partial charge in [-0.15, -0.1) is 0 Å². The van der Waals surface area contributed by atoms with Crippen molar-refractivity contribution in [2.75, 3.05) is 11.9 Å². The van der Waals surface area contributed by atoms with Gasteiger partial charge in [0.2, 0.25) is 5.91 Å². The van der Waals surface area contributed by atoms with E-state index in [4.69, 9.17) is 5.11 Å². The molecule has 0 spiro atoms. The van der Waals surface area contributed by atoms with Gasteiger partial charge in [0.05, 0.1) is 5.33 Å². The highest BCUT2D eigenvalue weighted by molar-refractivity contribution is 9.09. The van der Waals surface area contributed by atoms with Crippen LogP contribution < -0.4 is 0 Å². The van der Waals surface area contributed by atoms with Crippen LogP contribution in [0, 0.1) is 5.92 Å². The largest absolute Gasteiger partial charge is 0.465 e. The van der Waals surface area contributed by atoms with Crippen molar-refractivity contribution in [1.82, 2.24) is 4.90 Å². The Morgan fingerprint density at radius 3 is 2.64 bits per heavy atom. The summed E-state index contributed by atoms with van der Waals surface area (Å²) in [5, 5.41) is 8.82. The van der Waals surface area contributed by atoms with E-state index in [-0.39, 0.29) is 24.1 Å². The normalized spacial score (nSPS) is 21.4. The summed E-state index contributed by atoms with van der Waals surface area (Å²) in [6, 6.07) is 0. The van der Waals surface area contributed by atoms with Crippen LogP contribution in [0.4, 0.5) is 4.79 Å². The Bertz CT molecular complexity index is 279. The summed E-state index contributed by atoms with van der Waals surface area (Å²) in [5.41, 5.74) is 0. The molecule has 0 aromatic carbocycles. The van der Waals surface area contributed by atoms with Crippen molar-refractivity contribution in [1.29, 1.82) is 0 Å². The SMILES string of the molecule is O=C(CBr)CC1CCN(C(=O)O)C1=O. The lowest BCUT2D eigenvalue weighted by atomic mass is 10.0. The topological polar surface area (TPSA) is 74.7 Å². The molecule has 1 heterocycles. The molecule has 1 unspecified atom stereocenters. The predicted molar refractivity (Wildman–Crippen MR) is 51.3 cm³/mol. The number of nitrogens with zero attached hydrogens (tertiary/aromatic N) is 1. The van der Waals surface area contributed by atoms with Crippen LogP contribution in [0.1, 0.15) is 12.8 Å². The fraction of sp³-hybridized carbons (Fsp3) is 0.625. The molecule has 0 aromatic heterocycles. The van der Waals surface area contributed by atoms with E-state index in [2.05, 4.69) is 15.9 Å². The van der Waals surface area contributed by atoms with Gasteiger partial charge in [-0.05, 0) is 6.42 Å². The zero-order chi connectivity index (χ0) is 10.7. The Kier molecular flexibility index (Phi) is 3.62. The minimum Gasteiger partial charge on any atom is -0.465 e. The number of hydrogen-bond donors (Lipinski definition) is 1. The Hall–Kier alpha value is -0.910. The molecule has 2 amide bonds. The monoisotopic (exact) mass is 263 g/mol. The maximum Gasteiger partial charge on any atom is 0.414 e. The second kappa shape index (κ2) is 4.54. The zero-order valence-electron chi connectivity index (χ0n) is 7.40. The highest BCUT2D eigenvalue weighted by atomic mass is 79.9. The van der Waals surface area contributed by atoms with E-state index in [1.807, 2.05) is 0 Å². The number of halogens is 1. The van der Waals surface area contributed by atoms with Crippen molar-refractivity contribution in [3.8, 4) is 0 Å². The predicted octanol–water partition coefficient (Wildman–Crippen LogP) is 0.867. The summed E-state index contributed by atoms with van der Waals surface area (Å²) in [6.45, 7) is 0.203. The number of rotatable bonds is 3. The van der Waals surface area contributed by atoms with E-state index >= 15 is 0 Å². The number of carbonyl (C=O) groups excluding carboxylic acids is 2. The van der Waals surface area contributed by atoms with E-state index in [9.17, 15) is 14.4 Å². The first-order chi connectivity index (χ1) is 6.56. The fourth-order valence-electron chi connectivity index (χ4n) is 1.45. The Balaban J connectivity index is 2.56. The molecule has 1 aliphatic heterocycles. The number of imide groups is 1. The van der Waals surface area contributed by atoms with Crippen LogP contribution in [-0.2, 0) is 9.59 Å². The maximum absolute atomic E-state index is 11.4.